The number of unbranched alkanes of at least 4 members (excludes halogenated alkanes) is 9. The number of aromatic nitrogens is 1. The summed E-state index contributed by atoms with van der Waals surface area (Å²) in [6.45, 7) is 2.24. The number of hydrogen-bond donors (Lipinski definition) is 3. The van der Waals surface area contributed by atoms with E-state index in [1.165, 1.54) is 57.4 Å². The Morgan fingerprint density at radius 2 is 1.35 bits per heavy atom. The largest absolute Gasteiger partial charge is 0.492 e. The molecule has 0 radical (unpaired) electrons. The van der Waals surface area contributed by atoms with Crippen LogP contribution in [0.1, 0.15) is 76.7 Å². The van der Waals surface area contributed by atoms with Crippen molar-refractivity contribution in [3.05, 3.63) is 11.6 Å². The Labute approximate surface area is 122 Å². The highest BCUT2D eigenvalue weighted by molar-refractivity contribution is 5.33. The predicted molar refractivity (Wildman–Crippen MR) is 80.5 cm³/mol. The van der Waals surface area contributed by atoms with Crippen LogP contribution in [0, 0.1) is 0 Å². The maximum Gasteiger partial charge on any atom is 0.232 e. The fourth-order valence-corrected chi connectivity index (χ4v) is 2.51. The van der Waals surface area contributed by atoms with Crippen LogP contribution in [0.5, 0.6) is 11.8 Å². The monoisotopic (exact) mass is 283 g/mol. The molecule has 1 rings (SSSR count). The summed E-state index contributed by atoms with van der Waals surface area (Å²) in [6, 6.07) is 1.42. The summed E-state index contributed by atoms with van der Waals surface area (Å²) in [6.07, 6.45) is 13.4. The third-order valence-electron chi connectivity index (χ3n) is 3.81. The molecule has 1 aromatic rings. The van der Waals surface area contributed by atoms with E-state index >= 15 is 0 Å². The van der Waals surface area contributed by atoms with E-state index in [0.29, 0.717) is 16.7 Å². The van der Waals surface area contributed by atoms with E-state index in [2.05, 4.69) is 6.92 Å². The normalized spacial score (nSPS) is 11.1. The molecule has 116 valence electrons. The molecule has 0 bridgehead atoms. The first-order valence-electron chi connectivity index (χ1n) is 7.98. The standard InChI is InChI=1S/C16H29NO3/c1-2-3-4-5-6-7-8-9-10-11-12-14-13-15(18)17(20)16(14)19/h13,18-20H,2-12H2,1H3. The van der Waals surface area contributed by atoms with Gasteiger partial charge >= 0.3 is 0 Å². The molecule has 0 amide bonds. The molecule has 0 spiro atoms. The van der Waals surface area contributed by atoms with Crippen LogP contribution < -0.4 is 0 Å². The van der Waals surface area contributed by atoms with Crippen molar-refractivity contribution in [1.29, 1.82) is 0 Å². The van der Waals surface area contributed by atoms with Gasteiger partial charge in [0, 0.05) is 11.6 Å². The zero-order valence-electron chi connectivity index (χ0n) is 12.6. The number of hydrogen-bond acceptors (Lipinski definition) is 3. The van der Waals surface area contributed by atoms with Crippen molar-refractivity contribution in [1.82, 2.24) is 4.73 Å². The summed E-state index contributed by atoms with van der Waals surface area (Å²) < 4.78 is 0.422. The first-order chi connectivity index (χ1) is 9.66. The summed E-state index contributed by atoms with van der Waals surface area (Å²) in [4.78, 5) is 0. The molecule has 0 saturated heterocycles. The van der Waals surface area contributed by atoms with E-state index in [4.69, 9.17) is 0 Å². The van der Waals surface area contributed by atoms with Crippen molar-refractivity contribution in [2.24, 2.45) is 0 Å². The number of aryl methyl sites for hydroxylation is 1. The second-order valence-corrected chi connectivity index (χ2v) is 5.60. The minimum atomic E-state index is -0.301. The average molecular weight is 283 g/mol. The lowest BCUT2D eigenvalue weighted by molar-refractivity contribution is 0.130. The molecule has 0 aliphatic rings. The van der Waals surface area contributed by atoms with Crippen LogP contribution in [0.2, 0.25) is 0 Å². The van der Waals surface area contributed by atoms with Crippen LogP contribution in [-0.2, 0) is 6.42 Å². The van der Waals surface area contributed by atoms with Gasteiger partial charge in [0.1, 0.15) is 0 Å². The first-order valence-corrected chi connectivity index (χ1v) is 7.98. The van der Waals surface area contributed by atoms with Crippen LogP contribution in [0.3, 0.4) is 0 Å². The Hall–Kier alpha value is -1.32. The van der Waals surface area contributed by atoms with E-state index in [1.807, 2.05) is 0 Å². The maximum absolute atomic E-state index is 9.51. The van der Waals surface area contributed by atoms with Crippen LogP contribution >= 0.6 is 0 Å². The van der Waals surface area contributed by atoms with Gasteiger partial charge < -0.3 is 15.4 Å². The Kier molecular flexibility index (Phi) is 8.00. The highest BCUT2D eigenvalue weighted by Crippen LogP contribution is 2.27. The molecule has 1 heterocycles. The van der Waals surface area contributed by atoms with Crippen molar-refractivity contribution in [3.63, 3.8) is 0 Å². The quantitative estimate of drug-likeness (QED) is 0.411. The fraction of sp³-hybridized carbons (Fsp3) is 0.750. The van der Waals surface area contributed by atoms with Crippen molar-refractivity contribution in [2.75, 3.05) is 0 Å². The van der Waals surface area contributed by atoms with Gasteiger partial charge in [-0.15, -0.1) is 4.73 Å². The SMILES string of the molecule is CCCCCCCCCCCCc1cc(O)n(O)c1O. The van der Waals surface area contributed by atoms with Gasteiger partial charge in [-0.1, -0.05) is 64.7 Å². The van der Waals surface area contributed by atoms with Gasteiger partial charge in [-0.3, -0.25) is 0 Å². The van der Waals surface area contributed by atoms with E-state index in [-0.39, 0.29) is 11.8 Å². The number of rotatable bonds is 11. The molecule has 4 heteroatoms. The van der Waals surface area contributed by atoms with Gasteiger partial charge in [0.2, 0.25) is 11.8 Å². The number of nitrogens with zero attached hydrogens (tertiary/aromatic N) is 1. The van der Waals surface area contributed by atoms with E-state index in [9.17, 15) is 15.4 Å². The summed E-state index contributed by atoms with van der Waals surface area (Å²) in [5, 5.41) is 28.0. The first kappa shape index (κ1) is 16.7. The molecular weight excluding hydrogens is 254 g/mol. The third kappa shape index (κ3) is 5.76. The Balaban J connectivity index is 1.98. The van der Waals surface area contributed by atoms with Crippen molar-refractivity contribution < 1.29 is 15.4 Å². The van der Waals surface area contributed by atoms with Crippen molar-refractivity contribution >= 4 is 0 Å². The van der Waals surface area contributed by atoms with Crippen molar-refractivity contribution in [3.8, 4) is 11.8 Å². The van der Waals surface area contributed by atoms with Crippen LogP contribution in [0.25, 0.3) is 0 Å². The summed E-state index contributed by atoms with van der Waals surface area (Å²) in [5.41, 5.74) is 0.615. The highest BCUT2D eigenvalue weighted by atomic mass is 16.5. The lowest BCUT2D eigenvalue weighted by atomic mass is 10.0. The molecule has 20 heavy (non-hydrogen) atoms. The Bertz CT molecular complexity index is 374. The minimum Gasteiger partial charge on any atom is -0.492 e. The van der Waals surface area contributed by atoms with Gasteiger partial charge in [0.05, 0.1) is 0 Å². The molecule has 0 aliphatic heterocycles. The molecular formula is C16H29NO3. The molecule has 1 aromatic heterocycles. The number of aromatic hydroxyl groups is 2. The van der Waals surface area contributed by atoms with Crippen molar-refractivity contribution in [2.45, 2.75) is 77.6 Å². The summed E-state index contributed by atoms with van der Waals surface area (Å²) in [5.74, 6) is -0.539. The van der Waals surface area contributed by atoms with Crippen LogP contribution in [0.4, 0.5) is 0 Å². The van der Waals surface area contributed by atoms with Gasteiger partial charge in [0.15, 0.2) is 0 Å². The third-order valence-corrected chi connectivity index (χ3v) is 3.81. The zero-order valence-corrected chi connectivity index (χ0v) is 12.6. The van der Waals surface area contributed by atoms with Crippen LogP contribution in [-0.4, -0.2) is 20.2 Å². The predicted octanol–water partition coefficient (Wildman–Crippen LogP) is 4.60. The van der Waals surface area contributed by atoms with Gasteiger partial charge in [-0.05, 0) is 12.8 Å². The Morgan fingerprint density at radius 3 is 1.80 bits per heavy atom. The molecule has 0 atom stereocenters. The molecule has 0 saturated carbocycles. The lowest BCUT2D eigenvalue weighted by Gasteiger charge is -2.02. The summed E-state index contributed by atoms with van der Waals surface area (Å²) >= 11 is 0. The smallest absolute Gasteiger partial charge is 0.232 e. The average Bonchev–Trinajstić information content (AvgIpc) is 2.68. The highest BCUT2D eigenvalue weighted by Gasteiger charge is 2.11. The zero-order chi connectivity index (χ0) is 14.8. The second-order valence-electron chi connectivity index (χ2n) is 5.60. The maximum atomic E-state index is 9.51. The van der Waals surface area contributed by atoms with E-state index < -0.39 is 0 Å². The molecule has 0 aliphatic carbocycles. The molecule has 0 aromatic carbocycles. The van der Waals surface area contributed by atoms with E-state index in [0.717, 1.165) is 12.8 Å². The summed E-state index contributed by atoms with van der Waals surface area (Å²) in [7, 11) is 0. The molecule has 0 fully saturated rings. The fourth-order valence-electron chi connectivity index (χ4n) is 2.51. The van der Waals surface area contributed by atoms with Gasteiger partial charge in [0.25, 0.3) is 0 Å². The molecule has 4 nitrogen and oxygen atoms in total. The molecule has 3 N–H and O–H groups in total. The second kappa shape index (κ2) is 9.56. The van der Waals surface area contributed by atoms with E-state index in [1.54, 1.807) is 0 Å². The topological polar surface area (TPSA) is 65.6 Å². The van der Waals surface area contributed by atoms with Gasteiger partial charge in [-0.2, -0.15) is 0 Å². The van der Waals surface area contributed by atoms with Gasteiger partial charge in [-0.25, -0.2) is 0 Å². The lowest BCUT2D eigenvalue weighted by Crippen LogP contribution is -1.89. The minimum absolute atomic E-state index is 0.238. The Morgan fingerprint density at radius 1 is 0.850 bits per heavy atom. The molecule has 0 unspecified atom stereocenters. The van der Waals surface area contributed by atoms with Crippen LogP contribution in [0.15, 0.2) is 6.07 Å².